The van der Waals surface area contributed by atoms with Crippen LogP contribution >= 0.6 is 0 Å². The summed E-state index contributed by atoms with van der Waals surface area (Å²) in [6, 6.07) is 17.9. The molecule has 2 amide bonds. The van der Waals surface area contributed by atoms with Crippen molar-refractivity contribution >= 4 is 39.0 Å². The van der Waals surface area contributed by atoms with Gasteiger partial charge in [-0.1, -0.05) is 42.5 Å². The van der Waals surface area contributed by atoms with Crippen LogP contribution in [0.5, 0.6) is 0 Å². The SMILES string of the molecule is CC(=O)N(C(C)=O)c1ccc2c(ccc3ccccc32)c1. The standard InChI is InChI=1S/C18H15NO2/c1-12(20)19(13(2)21)16-9-10-18-15(11-16)8-7-14-5-3-4-6-17(14)18/h3-11H,1-2H3. The molecule has 0 aliphatic heterocycles. The van der Waals surface area contributed by atoms with Crippen LogP contribution in [0.15, 0.2) is 54.6 Å². The summed E-state index contributed by atoms with van der Waals surface area (Å²) >= 11 is 0. The monoisotopic (exact) mass is 277 g/mol. The molecule has 0 N–H and O–H groups in total. The lowest BCUT2D eigenvalue weighted by Gasteiger charge is -2.18. The molecule has 104 valence electrons. The molecule has 0 bridgehead atoms. The van der Waals surface area contributed by atoms with Gasteiger partial charge in [0.15, 0.2) is 0 Å². The predicted molar refractivity (Wildman–Crippen MR) is 85.3 cm³/mol. The topological polar surface area (TPSA) is 37.4 Å². The Labute approximate surface area is 122 Å². The minimum atomic E-state index is -0.275. The van der Waals surface area contributed by atoms with E-state index >= 15 is 0 Å². The Hall–Kier alpha value is -2.68. The number of amides is 2. The van der Waals surface area contributed by atoms with E-state index in [1.165, 1.54) is 29.5 Å². The molecule has 3 aromatic carbocycles. The molecule has 3 rings (SSSR count). The van der Waals surface area contributed by atoms with E-state index in [0.29, 0.717) is 5.69 Å². The average molecular weight is 277 g/mol. The fourth-order valence-electron chi connectivity index (χ4n) is 2.72. The van der Waals surface area contributed by atoms with Crippen molar-refractivity contribution in [2.24, 2.45) is 0 Å². The van der Waals surface area contributed by atoms with Crippen LogP contribution < -0.4 is 4.90 Å². The normalized spacial score (nSPS) is 10.8. The first-order chi connectivity index (χ1) is 10.1. The maximum absolute atomic E-state index is 11.6. The summed E-state index contributed by atoms with van der Waals surface area (Å²) in [6.07, 6.45) is 0. The first-order valence-corrected chi connectivity index (χ1v) is 6.81. The van der Waals surface area contributed by atoms with Crippen LogP contribution in [0, 0.1) is 0 Å². The fraction of sp³-hybridized carbons (Fsp3) is 0.111. The summed E-state index contributed by atoms with van der Waals surface area (Å²) in [4.78, 5) is 24.5. The van der Waals surface area contributed by atoms with Crippen molar-refractivity contribution in [2.75, 3.05) is 4.90 Å². The molecule has 0 aromatic heterocycles. The van der Waals surface area contributed by atoms with Gasteiger partial charge >= 0.3 is 0 Å². The van der Waals surface area contributed by atoms with Crippen molar-refractivity contribution in [1.29, 1.82) is 0 Å². The summed E-state index contributed by atoms with van der Waals surface area (Å²) in [6.45, 7) is 2.79. The number of hydrogen-bond donors (Lipinski definition) is 0. The Morgan fingerprint density at radius 1 is 0.762 bits per heavy atom. The highest BCUT2D eigenvalue weighted by Gasteiger charge is 2.16. The summed E-state index contributed by atoms with van der Waals surface area (Å²) in [5.41, 5.74) is 0.609. The van der Waals surface area contributed by atoms with Crippen molar-refractivity contribution in [2.45, 2.75) is 13.8 Å². The zero-order valence-corrected chi connectivity index (χ0v) is 12.0. The molecule has 3 aromatic rings. The Kier molecular flexibility index (Phi) is 3.18. The number of fused-ring (bicyclic) bond motifs is 3. The van der Waals surface area contributed by atoms with Crippen LogP contribution in [0.2, 0.25) is 0 Å². The minimum absolute atomic E-state index is 0.275. The quantitative estimate of drug-likeness (QED) is 0.633. The smallest absolute Gasteiger partial charge is 0.230 e. The van der Waals surface area contributed by atoms with Crippen molar-refractivity contribution in [3.8, 4) is 0 Å². The van der Waals surface area contributed by atoms with Crippen LogP contribution in [0.4, 0.5) is 5.69 Å². The Bertz CT molecular complexity index is 853. The van der Waals surface area contributed by atoms with Crippen molar-refractivity contribution < 1.29 is 9.59 Å². The van der Waals surface area contributed by atoms with E-state index in [1.807, 2.05) is 42.5 Å². The van der Waals surface area contributed by atoms with Gasteiger partial charge in [-0.05, 0) is 33.7 Å². The van der Waals surface area contributed by atoms with Crippen LogP contribution in [-0.2, 0) is 9.59 Å². The summed E-state index contributed by atoms with van der Waals surface area (Å²) in [5, 5.41) is 4.47. The van der Waals surface area contributed by atoms with Crippen molar-refractivity contribution in [1.82, 2.24) is 0 Å². The largest absolute Gasteiger partial charge is 0.274 e. The van der Waals surface area contributed by atoms with Gasteiger partial charge in [-0.25, -0.2) is 0 Å². The average Bonchev–Trinajstić information content (AvgIpc) is 2.46. The molecule has 0 aliphatic carbocycles. The van der Waals surface area contributed by atoms with Crippen LogP contribution in [0.25, 0.3) is 21.5 Å². The number of carbonyl (C=O) groups is 2. The van der Waals surface area contributed by atoms with Gasteiger partial charge < -0.3 is 0 Å². The van der Waals surface area contributed by atoms with Crippen molar-refractivity contribution in [3.63, 3.8) is 0 Å². The van der Waals surface area contributed by atoms with Gasteiger partial charge in [0.05, 0.1) is 5.69 Å². The first-order valence-electron chi connectivity index (χ1n) is 6.81. The highest BCUT2D eigenvalue weighted by molar-refractivity contribution is 6.15. The molecule has 0 spiro atoms. The van der Waals surface area contributed by atoms with Gasteiger partial charge in [-0.2, -0.15) is 0 Å². The zero-order chi connectivity index (χ0) is 15.0. The molecule has 21 heavy (non-hydrogen) atoms. The van der Waals surface area contributed by atoms with Crippen LogP contribution in [0.1, 0.15) is 13.8 Å². The highest BCUT2D eigenvalue weighted by Crippen LogP contribution is 2.28. The van der Waals surface area contributed by atoms with E-state index in [1.54, 1.807) is 0 Å². The van der Waals surface area contributed by atoms with Gasteiger partial charge in [0.2, 0.25) is 11.8 Å². The predicted octanol–water partition coefficient (Wildman–Crippen LogP) is 3.89. The molecule has 0 unspecified atom stereocenters. The van der Waals surface area contributed by atoms with E-state index in [0.717, 1.165) is 10.8 Å². The van der Waals surface area contributed by atoms with Crippen molar-refractivity contribution in [3.05, 3.63) is 54.6 Å². The molecule has 0 heterocycles. The second-order valence-electron chi connectivity index (χ2n) is 5.07. The van der Waals surface area contributed by atoms with Gasteiger partial charge in [0.25, 0.3) is 0 Å². The molecule has 3 nitrogen and oxygen atoms in total. The number of carbonyl (C=O) groups excluding carboxylic acids is 2. The number of rotatable bonds is 1. The third-order valence-corrected chi connectivity index (χ3v) is 3.62. The van der Waals surface area contributed by atoms with Gasteiger partial charge in [-0.3, -0.25) is 14.5 Å². The van der Waals surface area contributed by atoms with E-state index in [9.17, 15) is 9.59 Å². The zero-order valence-electron chi connectivity index (χ0n) is 12.0. The number of anilines is 1. The lowest BCUT2D eigenvalue weighted by atomic mass is 10.0. The summed E-state index contributed by atoms with van der Waals surface area (Å²) in [5.74, 6) is -0.551. The Balaban J connectivity index is 2.23. The molecular formula is C18H15NO2. The lowest BCUT2D eigenvalue weighted by molar-refractivity contribution is -0.124. The third-order valence-electron chi connectivity index (χ3n) is 3.62. The Morgan fingerprint density at radius 3 is 2.10 bits per heavy atom. The third kappa shape index (κ3) is 2.27. The molecule has 0 fully saturated rings. The van der Waals surface area contributed by atoms with Crippen LogP contribution in [-0.4, -0.2) is 11.8 Å². The summed E-state index contributed by atoms with van der Waals surface area (Å²) in [7, 11) is 0. The second kappa shape index (κ2) is 5.02. The van der Waals surface area contributed by atoms with Crippen LogP contribution in [0.3, 0.4) is 0 Å². The van der Waals surface area contributed by atoms with Gasteiger partial charge in [0, 0.05) is 13.8 Å². The lowest BCUT2D eigenvalue weighted by Crippen LogP contribution is -2.32. The number of benzene rings is 3. The molecule has 0 atom stereocenters. The van der Waals surface area contributed by atoms with E-state index in [-0.39, 0.29) is 11.8 Å². The highest BCUT2D eigenvalue weighted by atomic mass is 16.2. The van der Waals surface area contributed by atoms with E-state index in [2.05, 4.69) is 12.1 Å². The van der Waals surface area contributed by atoms with Gasteiger partial charge in [0.1, 0.15) is 0 Å². The number of hydrogen-bond acceptors (Lipinski definition) is 2. The molecule has 0 saturated heterocycles. The minimum Gasteiger partial charge on any atom is -0.274 e. The number of nitrogens with zero attached hydrogens (tertiary/aromatic N) is 1. The first kappa shape index (κ1) is 13.3. The maximum atomic E-state index is 11.6. The second-order valence-corrected chi connectivity index (χ2v) is 5.07. The molecular weight excluding hydrogens is 262 g/mol. The summed E-state index contributed by atoms with van der Waals surface area (Å²) < 4.78 is 0. The number of imide groups is 1. The fourth-order valence-corrected chi connectivity index (χ4v) is 2.72. The molecule has 0 aliphatic rings. The van der Waals surface area contributed by atoms with E-state index in [4.69, 9.17) is 0 Å². The molecule has 0 radical (unpaired) electrons. The molecule has 0 saturated carbocycles. The Morgan fingerprint density at radius 2 is 1.38 bits per heavy atom. The van der Waals surface area contributed by atoms with E-state index < -0.39 is 0 Å². The maximum Gasteiger partial charge on any atom is 0.230 e. The molecule has 3 heteroatoms. The van der Waals surface area contributed by atoms with Gasteiger partial charge in [-0.15, -0.1) is 0 Å².